The summed E-state index contributed by atoms with van der Waals surface area (Å²) >= 11 is 3.42. The van der Waals surface area contributed by atoms with Gasteiger partial charge in [-0.1, -0.05) is 19.1 Å². The maximum Gasteiger partial charge on any atom is 0.323 e. The average Bonchev–Trinajstić information content (AvgIpc) is 2.93. The van der Waals surface area contributed by atoms with Crippen molar-refractivity contribution < 1.29 is 14.3 Å². The Balaban J connectivity index is 2.11. The van der Waals surface area contributed by atoms with Gasteiger partial charge in [-0.2, -0.15) is 0 Å². The number of carbonyl (C=O) groups is 1. The second-order valence-electron chi connectivity index (χ2n) is 4.83. The summed E-state index contributed by atoms with van der Waals surface area (Å²) in [6.07, 6.45) is 0.452. The Bertz CT molecular complexity index is 644. The molecule has 21 heavy (non-hydrogen) atoms. The molecular formula is C14H16BrN3O3. The first kappa shape index (κ1) is 15.7. The molecule has 1 aromatic heterocycles. The highest BCUT2D eigenvalue weighted by atomic mass is 79.9. The third-order valence-electron chi connectivity index (χ3n) is 3.38. The number of hydrogen-bond donors (Lipinski definition) is 2. The number of carboxylic acid groups (broad SMARTS) is 1. The van der Waals surface area contributed by atoms with Gasteiger partial charge in [-0.05, 0) is 41.4 Å². The van der Waals surface area contributed by atoms with Crippen molar-refractivity contribution in [3.63, 3.8) is 0 Å². The molecule has 0 saturated heterocycles. The highest BCUT2D eigenvalue weighted by molar-refractivity contribution is 9.10. The summed E-state index contributed by atoms with van der Waals surface area (Å²) in [7, 11) is 0. The summed E-state index contributed by atoms with van der Waals surface area (Å²) in [6, 6.07) is 7.52. The third kappa shape index (κ3) is 3.48. The summed E-state index contributed by atoms with van der Waals surface area (Å²) in [6.45, 7) is 3.63. The van der Waals surface area contributed by atoms with Crippen LogP contribution < -0.4 is 5.32 Å². The van der Waals surface area contributed by atoms with Gasteiger partial charge < -0.3 is 9.52 Å². The van der Waals surface area contributed by atoms with E-state index in [1.165, 1.54) is 0 Å². The second-order valence-corrected chi connectivity index (χ2v) is 5.68. The number of nitrogens with one attached hydrogen (secondary N) is 1. The number of aliphatic carboxylic acids is 1. The van der Waals surface area contributed by atoms with Crippen LogP contribution in [0.4, 0.5) is 0 Å². The molecule has 1 aromatic carbocycles. The number of hydrogen-bond acceptors (Lipinski definition) is 5. The Morgan fingerprint density at radius 2 is 2.14 bits per heavy atom. The van der Waals surface area contributed by atoms with Crippen molar-refractivity contribution in [1.29, 1.82) is 0 Å². The van der Waals surface area contributed by atoms with Crippen molar-refractivity contribution in [2.75, 3.05) is 0 Å². The lowest BCUT2D eigenvalue weighted by atomic mass is 9.99. The highest BCUT2D eigenvalue weighted by Gasteiger charge is 2.30. The second kappa shape index (κ2) is 6.36. The van der Waals surface area contributed by atoms with E-state index in [2.05, 4.69) is 31.4 Å². The lowest BCUT2D eigenvalue weighted by molar-refractivity contribution is -0.144. The van der Waals surface area contributed by atoms with E-state index in [1.54, 1.807) is 13.8 Å². The molecule has 1 unspecified atom stereocenters. The summed E-state index contributed by atoms with van der Waals surface area (Å²) < 4.78 is 6.42. The van der Waals surface area contributed by atoms with Gasteiger partial charge >= 0.3 is 5.97 Å². The van der Waals surface area contributed by atoms with Crippen LogP contribution in [0.2, 0.25) is 0 Å². The Kier molecular flexibility index (Phi) is 4.74. The van der Waals surface area contributed by atoms with E-state index in [9.17, 15) is 9.90 Å². The first-order valence-corrected chi connectivity index (χ1v) is 7.31. The Morgan fingerprint density at radius 1 is 1.43 bits per heavy atom. The molecule has 0 aliphatic carbocycles. The summed E-state index contributed by atoms with van der Waals surface area (Å²) in [5.74, 6) is -0.162. The molecule has 0 spiro atoms. The summed E-state index contributed by atoms with van der Waals surface area (Å²) in [4.78, 5) is 11.2. The van der Waals surface area contributed by atoms with Crippen LogP contribution in [0.25, 0.3) is 11.5 Å². The molecule has 1 heterocycles. The first-order chi connectivity index (χ1) is 9.96. The van der Waals surface area contributed by atoms with Gasteiger partial charge in [-0.25, -0.2) is 0 Å². The molecule has 0 radical (unpaired) electrons. The zero-order chi connectivity index (χ0) is 15.5. The van der Waals surface area contributed by atoms with E-state index in [1.807, 2.05) is 24.3 Å². The molecule has 112 valence electrons. The van der Waals surface area contributed by atoms with Gasteiger partial charge in [0.05, 0.1) is 12.1 Å². The first-order valence-electron chi connectivity index (χ1n) is 6.52. The van der Waals surface area contributed by atoms with E-state index in [0.29, 0.717) is 18.2 Å². The zero-order valence-electron chi connectivity index (χ0n) is 11.8. The van der Waals surface area contributed by atoms with Crippen molar-refractivity contribution in [1.82, 2.24) is 15.5 Å². The fraction of sp³-hybridized carbons (Fsp3) is 0.357. The van der Waals surface area contributed by atoms with Crippen LogP contribution in [0.1, 0.15) is 26.2 Å². The van der Waals surface area contributed by atoms with Crippen molar-refractivity contribution in [2.45, 2.75) is 32.4 Å². The number of benzene rings is 1. The number of halogens is 1. The lowest BCUT2D eigenvalue weighted by Crippen LogP contribution is -2.48. The van der Waals surface area contributed by atoms with Gasteiger partial charge in [-0.3, -0.25) is 10.1 Å². The zero-order valence-corrected chi connectivity index (χ0v) is 13.3. The van der Waals surface area contributed by atoms with Gasteiger partial charge in [0, 0.05) is 4.47 Å². The minimum atomic E-state index is -1.01. The predicted octanol–water partition coefficient (Wildman–Crippen LogP) is 2.84. The smallest absolute Gasteiger partial charge is 0.323 e. The maximum atomic E-state index is 11.2. The molecule has 6 nitrogen and oxygen atoms in total. The molecule has 0 bridgehead atoms. The molecular weight excluding hydrogens is 338 g/mol. The van der Waals surface area contributed by atoms with Crippen LogP contribution in [0, 0.1) is 0 Å². The standard InChI is InChI=1S/C14H16BrN3O3/c1-3-14(2,13(19)20)16-8-11-17-18-12(21-11)9-6-4-5-7-10(9)15/h4-7,16H,3,8H2,1-2H3,(H,19,20). The van der Waals surface area contributed by atoms with E-state index in [-0.39, 0.29) is 6.54 Å². The van der Waals surface area contributed by atoms with Crippen LogP contribution >= 0.6 is 15.9 Å². The lowest BCUT2D eigenvalue weighted by Gasteiger charge is -2.23. The highest BCUT2D eigenvalue weighted by Crippen LogP contribution is 2.26. The van der Waals surface area contributed by atoms with E-state index < -0.39 is 11.5 Å². The Morgan fingerprint density at radius 3 is 2.76 bits per heavy atom. The largest absolute Gasteiger partial charge is 0.480 e. The SMILES string of the molecule is CCC(C)(NCc1nnc(-c2ccccc2Br)o1)C(=O)O. The third-order valence-corrected chi connectivity index (χ3v) is 4.07. The van der Waals surface area contributed by atoms with Gasteiger partial charge in [0.2, 0.25) is 11.8 Å². The molecule has 2 aromatic rings. The molecule has 0 saturated carbocycles. The molecule has 0 amide bonds. The molecule has 0 fully saturated rings. The van der Waals surface area contributed by atoms with Crippen LogP contribution in [0.3, 0.4) is 0 Å². The van der Waals surface area contributed by atoms with Gasteiger partial charge in [-0.15, -0.1) is 10.2 Å². The van der Waals surface area contributed by atoms with Crippen molar-refractivity contribution in [3.8, 4) is 11.5 Å². The van der Waals surface area contributed by atoms with Crippen LogP contribution in [-0.4, -0.2) is 26.8 Å². The van der Waals surface area contributed by atoms with Gasteiger partial charge in [0.1, 0.15) is 5.54 Å². The molecule has 1 atom stereocenters. The number of aromatic nitrogens is 2. The van der Waals surface area contributed by atoms with E-state index >= 15 is 0 Å². The van der Waals surface area contributed by atoms with Crippen molar-refractivity contribution >= 4 is 21.9 Å². The number of carboxylic acids is 1. The topological polar surface area (TPSA) is 88.3 Å². The van der Waals surface area contributed by atoms with Crippen molar-refractivity contribution in [2.24, 2.45) is 0 Å². The molecule has 2 rings (SSSR count). The summed E-state index contributed by atoms with van der Waals surface area (Å²) in [5.41, 5.74) is -0.213. The molecule has 7 heteroatoms. The number of rotatable bonds is 6. The van der Waals surface area contributed by atoms with Crippen LogP contribution in [0.15, 0.2) is 33.2 Å². The van der Waals surface area contributed by atoms with Gasteiger partial charge in [0.25, 0.3) is 0 Å². The minimum absolute atomic E-state index is 0.202. The minimum Gasteiger partial charge on any atom is -0.480 e. The molecule has 2 N–H and O–H groups in total. The van der Waals surface area contributed by atoms with E-state index in [4.69, 9.17) is 4.42 Å². The Hall–Kier alpha value is -1.73. The molecule has 0 aliphatic heterocycles. The fourth-order valence-corrected chi connectivity index (χ4v) is 2.15. The Labute approximate surface area is 130 Å². The monoisotopic (exact) mass is 353 g/mol. The van der Waals surface area contributed by atoms with E-state index in [0.717, 1.165) is 10.0 Å². The fourth-order valence-electron chi connectivity index (χ4n) is 1.69. The average molecular weight is 354 g/mol. The number of nitrogens with zero attached hydrogens (tertiary/aromatic N) is 2. The maximum absolute atomic E-state index is 11.2. The quantitative estimate of drug-likeness (QED) is 0.829. The van der Waals surface area contributed by atoms with Crippen LogP contribution in [0.5, 0.6) is 0 Å². The summed E-state index contributed by atoms with van der Waals surface area (Å²) in [5, 5.41) is 20.1. The van der Waals surface area contributed by atoms with Gasteiger partial charge in [0.15, 0.2) is 0 Å². The normalized spacial score (nSPS) is 13.9. The van der Waals surface area contributed by atoms with Crippen LogP contribution in [-0.2, 0) is 11.3 Å². The molecule has 0 aliphatic rings. The predicted molar refractivity (Wildman–Crippen MR) is 80.6 cm³/mol. The van der Waals surface area contributed by atoms with Crippen molar-refractivity contribution in [3.05, 3.63) is 34.6 Å².